The van der Waals surface area contributed by atoms with Gasteiger partial charge >= 0.3 is 12.1 Å². The molecular formula is C19H22F3N5O4S. The number of alkyl halides is 3. The number of nitrogens with one attached hydrogen (secondary N) is 1. The Bertz CT molecular complexity index is 908. The van der Waals surface area contributed by atoms with Gasteiger partial charge in [-0.25, -0.2) is 9.78 Å². The van der Waals surface area contributed by atoms with Crippen molar-refractivity contribution in [3.8, 4) is 0 Å². The van der Waals surface area contributed by atoms with E-state index in [1.807, 2.05) is 10.3 Å². The van der Waals surface area contributed by atoms with Gasteiger partial charge in [0, 0.05) is 18.5 Å². The van der Waals surface area contributed by atoms with Crippen molar-refractivity contribution in [2.45, 2.75) is 31.5 Å². The van der Waals surface area contributed by atoms with Crippen molar-refractivity contribution < 1.29 is 32.6 Å². The Morgan fingerprint density at radius 2 is 2.06 bits per heavy atom. The Hall–Kier alpha value is -2.80. The number of aromatic nitrogens is 3. The number of rotatable bonds is 5. The summed E-state index contributed by atoms with van der Waals surface area (Å²) in [5.74, 6) is -2.03. The summed E-state index contributed by atoms with van der Waals surface area (Å²) in [4.78, 5) is 28.2. The third kappa shape index (κ3) is 6.36. The zero-order valence-corrected chi connectivity index (χ0v) is 17.7. The van der Waals surface area contributed by atoms with Crippen LogP contribution >= 0.6 is 11.3 Å². The lowest BCUT2D eigenvalue weighted by atomic mass is 9.86. The van der Waals surface area contributed by atoms with E-state index in [2.05, 4.69) is 15.5 Å². The standard InChI is InChI=1S/C17H21N5O2S.C2HF3O2/c23-16(13-4-5-19-20-9-13)22-6-7-24-10-15(22)14-11-25-17(21-14)18-8-12-2-1-3-12;3-2(4,5)1(6)7/h4-5,9,11-12,15H,1-3,6-8,10H2,(H,18,21);(H,6,7). The molecule has 0 radical (unpaired) electrons. The number of nitrogens with zero attached hydrogens (tertiary/aromatic N) is 4. The molecule has 1 aliphatic heterocycles. The molecule has 1 amide bonds. The van der Waals surface area contributed by atoms with Crippen molar-refractivity contribution in [3.63, 3.8) is 0 Å². The molecular weight excluding hydrogens is 451 g/mol. The topological polar surface area (TPSA) is 118 Å². The third-order valence-corrected chi connectivity index (χ3v) is 5.91. The molecule has 174 valence electrons. The molecule has 1 saturated carbocycles. The maximum atomic E-state index is 12.8. The van der Waals surface area contributed by atoms with Gasteiger partial charge in [-0.3, -0.25) is 4.79 Å². The van der Waals surface area contributed by atoms with E-state index >= 15 is 0 Å². The Kier molecular flexibility index (Phi) is 7.96. The van der Waals surface area contributed by atoms with Gasteiger partial charge < -0.3 is 20.1 Å². The van der Waals surface area contributed by atoms with Crippen LogP contribution in [0.3, 0.4) is 0 Å². The van der Waals surface area contributed by atoms with E-state index in [-0.39, 0.29) is 11.9 Å². The first-order chi connectivity index (χ1) is 15.3. The number of hydrogen-bond donors (Lipinski definition) is 2. The zero-order valence-electron chi connectivity index (χ0n) is 16.9. The summed E-state index contributed by atoms with van der Waals surface area (Å²) in [6, 6.07) is 1.53. The molecule has 1 unspecified atom stereocenters. The van der Waals surface area contributed by atoms with Gasteiger partial charge in [0.1, 0.15) is 0 Å². The predicted octanol–water partition coefficient (Wildman–Crippen LogP) is 2.99. The van der Waals surface area contributed by atoms with Gasteiger partial charge in [-0.1, -0.05) is 6.42 Å². The smallest absolute Gasteiger partial charge is 0.475 e. The molecule has 32 heavy (non-hydrogen) atoms. The number of anilines is 1. The van der Waals surface area contributed by atoms with Crippen LogP contribution in [0.25, 0.3) is 0 Å². The van der Waals surface area contributed by atoms with Gasteiger partial charge in [0.25, 0.3) is 5.91 Å². The highest BCUT2D eigenvalue weighted by atomic mass is 32.1. The summed E-state index contributed by atoms with van der Waals surface area (Å²) < 4.78 is 37.3. The predicted molar refractivity (Wildman–Crippen MR) is 108 cm³/mol. The van der Waals surface area contributed by atoms with Crippen LogP contribution in [0.15, 0.2) is 23.8 Å². The second-order valence-electron chi connectivity index (χ2n) is 7.28. The Balaban J connectivity index is 0.000000360. The van der Waals surface area contributed by atoms with Gasteiger partial charge in [0.2, 0.25) is 0 Å². The van der Waals surface area contributed by atoms with Crippen LogP contribution < -0.4 is 5.32 Å². The number of ether oxygens (including phenoxy) is 1. The number of carbonyl (C=O) groups is 2. The lowest BCUT2D eigenvalue weighted by Crippen LogP contribution is -2.43. The van der Waals surface area contributed by atoms with Crippen molar-refractivity contribution in [2.75, 3.05) is 31.6 Å². The highest BCUT2D eigenvalue weighted by Gasteiger charge is 2.38. The molecule has 4 rings (SSSR count). The molecule has 1 atom stereocenters. The second kappa shape index (κ2) is 10.7. The fourth-order valence-electron chi connectivity index (χ4n) is 3.12. The third-order valence-electron chi connectivity index (χ3n) is 5.09. The molecule has 0 spiro atoms. The van der Waals surface area contributed by atoms with E-state index in [9.17, 15) is 18.0 Å². The first kappa shape index (κ1) is 23.9. The van der Waals surface area contributed by atoms with E-state index in [1.165, 1.54) is 31.7 Å². The quantitative estimate of drug-likeness (QED) is 0.681. The van der Waals surface area contributed by atoms with Crippen molar-refractivity contribution in [2.24, 2.45) is 5.92 Å². The number of hydrogen-bond acceptors (Lipinski definition) is 8. The molecule has 0 bridgehead atoms. The van der Waals surface area contributed by atoms with E-state index in [0.29, 0.717) is 25.3 Å². The molecule has 1 aliphatic carbocycles. The molecule has 2 N–H and O–H groups in total. The van der Waals surface area contributed by atoms with Crippen LogP contribution in [0.5, 0.6) is 0 Å². The average molecular weight is 473 g/mol. The van der Waals surface area contributed by atoms with Gasteiger partial charge in [0.05, 0.1) is 42.9 Å². The maximum Gasteiger partial charge on any atom is 0.490 e. The highest BCUT2D eigenvalue weighted by molar-refractivity contribution is 7.13. The van der Waals surface area contributed by atoms with Crippen LogP contribution in [0.2, 0.25) is 0 Å². The van der Waals surface area contributed by atoms with Crippen molar-refractivity contribution in [1.82, 2.24) is 20.1 Å². The molecule has 2 aliphatic rings. The minimum Gasteiger partial charge on any atom is -0.475 e. The molecule has 0 aromatic carbocycles. The van der Waals surface area contributed by atoms with Crippen LogP contribution in [0, 0.1) is 5.92 Å². The summed E-state index contributed by atoms with van der Waals surface area (Å²) in [5.41, 5.74) is 1.43. The fourth-order valence-corrected chi connectivity index (χ4v) is 3.89. The van der Waals surface area contributed by atoms with E-state index < -0.39 is 12.1 Å². The fraction of sp³-hybridized carbons (Fsp3) is 0.526. The number of carboxylic acid groups (broad SMARTS) is 1. The molecule has 13 heteroatoms. The number of halogens is 3. The number of morpholine rings is 1. The van der Waals surface area contributed by atoms with Gasteiger partial charge in [-0.2, -0.15) is 23.4 Å². The largest absolute Gasteiger partial charge is 0.490 e. The van der Waals surface area contributed by atoms with Crippen LogP contribution in [-0.2, 0) is 9.53 Å². The van der Waals surface area contributed by atoms with E-state index in [1.54, 1.807) is 17.4 Å². The monoisotopic (exact) mass is 473 g/mol. The van der Waals surface area contributed by atoms with E-state index in [4.69, 9.17) is 19.6 Å². The number of carbonyl (C=O) groups excluding carboxylic acids is 1. The Labute approximate surface area is 185 Å². The SMILES string of the molecule is O=C(O)C(F)(F)F.O=C(c1ccnnc1)N1CCOCC1c1csc(NCC2CCC2)n1. The minimum absolute atomic E-state index is 0.0554. The molecule has 2 fully saturated rings. The molecule has 3 heterocycles. The lowest BCUT2D eigenvalue weighted by molar-refractivity contribution is -0.192. The molecule has 2 aromatic rings. The summed E-state index contributed by atoms with van der Waals surface area (Å²) >= 11 is 1.59. The van der Waals surface area contributed by atoms with Crippen LogP contribution in [0.1, 0.15) is 41.4 Å². The van der Waals surface area contributed by atoms with Gasteiger partial charge in [-0.05, 0) is 24.8 Å². The Morgan fingerprint density at radius 1 is 1.31 bits per heavy atom. The lowest BCUT2D eigenvalue weighted by Gasteiger charge is -2.34. The highest BCUT2D eigenvalue weighted by Crippen LogP contribution is 2.30. The van der Waals surface area contributed by atoms with Crippen LogP contribution in [0.4, 0.5) is 18.3 Å². The number of amides is 1. The van der Waals surface area contributed by atoms with Gasteiger partial charge in [-0.15, -0.1) is 11.3 Å². The Morgan fingerprint density at radius 3 is 2.66 bits per heavy atom. The first-order valence-corrected chi connectivity index (χ1v) is 10.8. The average Bonchev–Trinajstić information content (AvgIpc) is 3.21. The number of thiazole rings is 1. The molecule has 2 aromatic heterocycles. The summed E-state index contributed by atoms with van der Waals surface area (Å²) in [6.45, 7) is 2.54. The van der Waals surface area contributed by atoms with E-state index in [0.717, 1.165) is 23.3 Å². The number of carboxylic acids is 1. The number of aliphatic carboxylic acids is 1. The van der Waals surface area contributed by atoms with Crippen molar-refractivity contribution >= 4 is 28.3 Å². The van der Waals surface area contributed by atoms with Gasteiger partial charge in [0.15, 0.2) is 5.13 Å². The maximum absolute atomic E-state index is 12.8. The molecule has 9 nitrogen and oxygen atoms in total. The summed E-state index contributed by atoms with van der Waals surface area (Å²) in [6.07, 6.45) is 1.92. The first-order valence-electron chi connectivity index (χ1n) is 9.90. The van der Waals surface area contributed by atoms with Crippen molar-refractivity contribution in [1.29, 1.82) is 0 Å². The minimum atomic E-state index is -5.08. The van der Waals surface area contributed by atoms with Crippen LogP contribution in [-0.4, -0.2) is 69.5 Å². The summed E-state index contributed by atoms with van der Waals surface area (Å²) in [5, 5.41) is 21.0. The summed E-state index contributed by atoms with van der Waals surface area (Å²) in [7, 11) is 0. The van der Waals surface area contributed by atoms with Crippen molar-refractivity contribution in [3.05, 3.63) is 35.1 Å². The zero-order chi connectivity index (χ0) is 23.1. The molecule has 1 saturated heterocycles. The normalized spacial score (nSPS) is 18.8. The second-order valence-corrected chi connectivity index (χ2v) is 8.14.